The van der Waals surface area contributed by atoms with Crippen molar-refractivity contribution in [2.24, 2.45) is 0 Å². The molecular formula is C21H21ClN2O4. The van der Waals surface area contributed by atoms with Crippen LogP contribution >= 0.6 is 11.6 Å². The average molecular weight is 401 g/mol. The Bertz CT molecular complexity index is 930. The second-order valence-electron chi connectivity index (χ2n) is 6.76. The molecule has 1 aliphatic heterocycles. The van der Waals surface area contributed by atoms with Crippen LogP contribution in [0.3, 0.4) is 0 Å². The molecule has 0 radical (unpaired) electrons. The number of rotatable bonds is 6. The van der Waals surface area contributed by atoms with Crippen molar-refractivity contribution in [3.8, 4) is 11.5 Å². The average Bonchev–Trinajstić information content (AvgIpc) is 3.35. The fourth-order valence-electron chi connectivity index (χ4n) is 3.23. The molecule has 7 heteroatoms. The maximum Gasteiger partial charge on any atom is 0.214 e. The van der Waals surface area contributed by atoms with Gasteiger partial charge in [0.05, 0.1) is 26.1 Å². The molecule has 0 amide bonds. The van der Waals surface area contributed by atoms with Gasteiger partial charge in [-0.25, -0.2) is 4.98 Å². The number of benzene rings is 2. The van der Waals surface area contributed by atoms with Gasteiger partial charge in [0.15, 0.2) is 0 Å². The van der Waals surface area contributed by atoms with Crippen LogP contribution in [0, 0.1) is 6.92 Å². The van der Waals surface area contributed by atoms with E-state index in [0.29, 0.717) is 23.9 Å². The number of ether oxygens (including phenoxy) is 3. The molecule has 4 rings (SSSR count). The third kappa shape index (κ3) is 3.91. The van der Waals surface area contributed by atoms with Gasteiger partial charge >= 0.3 is 0 Å². The minimum atomic E-state index is -0.983. The van der Waals surface area contributed by atoms with Crippen LogP contribution in [0.1, 0.15) is 11.1 Å². The zero-order chi connectivity index (χ0) is 19.6. The van der Waals surface area contributed by atoms with Gasteiger partial charge in [-0.3, -0.25) is 0 Å². The molecule has 6 nitrogen and oxygen atoms in total. The summed E-state index contributed by atoms with van der Waals surface area (Å²) in [4.78, 5) is 4.08. The van der Waals surface area contributed by atoms with Gasteiger partial charge in [0.1, 0.15) is 17.6 Å². The first kappa shape index (κ1) is 19.0. The number of hydrogen-bond donors (Lipinski definition) is 1. The van der Waals surface area contributed by atoms with Crippen LogP contribution in [-0.2, 0) is 21.8 Å². The van der Waals surface area contributed by atoms with Crippen molar-refractivity contribution in [1.82, 2.24) is 9.55 Å². The number of nitrogens with zero attached hydrogens (tertiary/aromatic N) is 2. The number of halogens is 1. The van der Waals surface area contributed by atoms with E-state index in [1.165, 1.54) is 0 Å². The lowest BCUT2D eigenvalue weighted by atomic mass is 10.1. The lowest BCUT2D eigenvalue weighted by Crippen LogP contribution is -2.33. The Kier molecular flexibility index (Phi) is 5.37. The third-order valence-corrected chi connectivity index (χ3v) is 4.91. The van der Waals surface area contributed by atoms with Crippen molar-refractivity contribution in [2.45, 2.75) is 25.4 Å². The van der Waals surface area contributed by atoms with E-state index in [1.807, 2.05) is 54.1 Å². The Labute approximate surface area is 168 Å². The first-order chi connectivity index (χ1) is 13.6. The second kappa shape index (κ2) is 7.93. The van der Waals surface area contributed by atoms with Crippen LogP contribution in [0.4, 0.5) is 0 Å². The molecule has 0 bridgehead atoms. The molecule has 1 N–H and O–H groups in total. The zero-order valence-corrected chi connectivity index (χ0v) is 16.2. The van der Waals surface area contributed by atoms with E-state index in [-0.39, 0.29) is 12.7 Å². The van der Waals surface area contributed by atoms with Crippen molar-refractivity contribution in [1.29, 1.82) is 0 Å². The molecule has 3 aromatic rings. The summed E-state index contributed by atoms with van der Waals surface area (Å²) >= 11 is 6.00. The largest absolute Gasteiger partial charge is 0.457 e. The monoisotopic (exact) mass is 400 g/mol. The molecule has 1 aromatic heterocycles. The molecule has 2 aromatic carbocycles. The van der Waals surface area contributed by atoms with Crippen LogP contribution in [0.15, 0.2) is 61.2 Å². The molecule has 1 fully saturated rings. The highest BCUT2D eigenvalue weighted by molar-refractivity contribution is 6.30. The molecule has 28 heavy (non-hydrogen) atoms. The maximum absolute atomic E-state index is 9.47. The van der Waals surface area contributed by atoms with E-state index in [0.717, 1.165) is 16.9 Å². The summed E-state index contributed by atoms with van der Waals surface area (Å²) in [7, 11) is 0. The first-order valence-electron chi connectivity index (χ1n) is 9.01. The summed E-state index contributed by atoms with van der Waals surface area (Å²) in [5.74, 6) is 0.464. The van der Waals surface area contributed by atoms with Crippen molar-refractivity contribution >= 4 is 11.6 Å². The smallest absolute Gasteiger partial charge is 0.214 e. The molecule has 2 atom stereocenters. The SMILES string of the molecule is Cc1cc(Cl)ccc1Oc1ccc(C2(Cn3ccnc3)OCC(CO)O2)cc1. The number of hydrogen-bond acceptors (Lipinski definition) is 5. The van der Waals surface area contributed by atoms with Gasteiger partial charge in [0, 0.05) is 23.0 Å². The van der Waals surface area contributed by atoms with E-state index >= 15 is 0 Å². The Morgan fingerprint density at radius 1 is 1.29 bits per heavy atom. The number of aromatic nitrogens is 2. The van der Waals surface area contributed by atoms with Gasteiger partial charge in [-0.2, -0.15) is 0 Å². The van der Waals surface area contributed by atoms with Crippen molar-refractivity contribution in [3.05, 3.63) is 77.3 Å². The molecule has 0 saturated carbocycles. The minimum absolute atomic E-state index is 0.0945. The van der Waals surface area contributed by atoms with Crippen LogP contribution in [0.5, 0.6) is 11.5 Å². The van der Waals surface area contributed by atoms with E-state index in [1.54, 1.807) is 18.6 Å². The predicted molar refractivity (Wildman–Crippen MR) is 105 cm³/mol. The van der Waals surface area contributed by atoms with Gasteiger partial charge in [-0.05, 0) is 55.0 Å². The molecule has 2 unspecified atom stereocenters. The zero-order valence-electron chi connectivity index (χ0n) is 15.4. The second-order valence-corrected chi connectivity index (χ2v) is 7.19. The Hall–Kier alpha value is -2.38. The van der Waals surface area contributed by atoms with Crippen LogP contribution in [0.25, 0.3) is 0 Å². The third-order valence-electron chi connectivity index (χ3n) is 4.67. The highest BCUT2D eigenvalue weighted by Gasteiger charge is 2.43. The minimum Gasteiger partial charge on any atom is -0.457 e. The van der Waals surface area contributed by atoms with E-state index < -0.39 is 5.79 Å². The lowest BCUT2D eigenvalue weighted by Gasteiger charge is -2.29. The molecule has 1 aliphatic rings. The molecule has 146 valence electrons. The lowest BCUT2D eigenvalue weighted by molar-refractivity contribution is -0.190. The normalized spacial score (nSPS) is 21.8. The number of imidazole rings is 1. The Morgan fingerprint density at radius 2 is 2.11 bits per heavy atom. The van der Waals surface area contributed by atoms with Gasteiger partial charge in [0.25, 0.3) is 0 Å². The first-order valence-corrected chi connectivity index (χ1v) is 9.39. The maximum atomic E-state index is 9.47. The highest BCUT2D eigenvalue weighted by atomic mass is 35.5. The summed E-state index contributed by atoms with van der Waals surface area (Å²) < 4.78 is 19.9. The van der Waals surface area contributed by atoms with Crippen LogP contribution < -0.4 is 4.74 Å². The molecule has 0 aliphatic carbocycles. The summed E-state index contributed by atoms with van der Waals surface area (Å²) in [5.41, 5.74) is 1.80. The summed E-state index contributed by atoms with van der Waals surface area (Å²) in [6.45, 7) is 2.61. The van der Waals surface area contributed by atoms with E-state index in [2.05, 4.69) is 4.98 Å². The molecular weight excluding hydrogens is 380 g/mol. The van der Waals surface area contributed by atoms with Gasteiger partial charge in [-0.15, -0.1) is 0 Å². The molecule has 1 saturated heterocycles. The number of aryl methyl sites for hydroxylation is 1. The summed E-state index contributed by atoms with van der Waals surface area (Å²) in [6, 6.07) is 13.1. The van der Waals surface area contributed by atoms with E-state index in [4.69, 9.17) is 25.8 Å². The molecule has 0 spiro atoms. The van der Waals surface area contributed by atoms with Gasteiger partial charge in [0.2, 0.25) is 5.79 Å². The summed E-state index contributed by atoms with van der Waals surface area (Å²) in [5, 5.41) is 10.1. The summed E-state index contributed by atoms with van der Waals surface area (Å²) in [6.07, 6.45) is 4.90. The van der Waals surface area contributed by atoms with Crippen molar-refractivity contribution < 1.29 is 19.3 Å². The van der Waals surface area contributed by atoms with E-state index in [9.17, 15) is 5.11 Å². The Balaban J connectivity index is 1.57. The predicted octanol–water partition coefficient (Wildman–Crippen LogP) is 3.90. The number of aliphatic hydroxyl groups excluding tert-OH is 1. The fraction of sp³-hybridized carbons (Fsp3) is 0.286. The quantitative estimate of drug-likeness (QED) is 0.679. The van der Waals surface area contributed by atoms with Crippen molar-refractivity contribution in [2.75, 3.05) is 13.2 Å². The van der Waals surface area contributed by atoms with Crippen molar-refractivity contribution in [3.63, 3.8) is 0 Å². The number of aliphatic hydroxyl groups is 1. The van der Waals surface area contributed by atoms with Crippen LogP contribution in [0.2, 0.25) is 5.02 Å². The highest BCUT2D eigenvalue weighted by Crippen LogP contribution is 2.37. The fourth-order valence-corrected chi connectivity index (χ4v) is 3.46. The van der Waals surface area contributed by atoms with Gasteiger partial charge in [-0.1, -0.05) is 11.6 Å². The topological polar surface area (TPSA) is 65.7 Å². The standard InChI is InChI=1S/C21H21ClN2O4/c1-15-10-17(22)4-7-20(15)27-18-5-2-16(3-6-18)21(13-24-9-8-23-14-24)26-12-19(11-25)28-21/h2-10,14,19,25H,11-13H2,1H3. The Morgan fingerprint density at radius 3 is 2.75 bits per heavy atom. The molecule has 2 heterocycles. The van der Waals surface area contributed by atoms with Gasteiger partial charge < -0.3 is 23.9 Å². The van der Waals surface area contributed by atoms with Crippen LogP contribution in [-0.4, -0.2) is 34.0 Å².